The molecule has 0 rings (SSSR count). The third kappa shape index (κ3) is 21.9. The molecule has 0 aliphatic heterocycles. The Labute approximate surface area is 189 Å². The molecule has 0 fully saturated rings. The number of allylic oxidation sites excluding steroid dienone is 1. The minimum atomic E-state index is -0.119. The van der Waals surface area contributed by atoms with E-state index in [1.165, 1.54) is 122 Å². The van der Waals surface area contributed by atoms with E-state index in [9.17, 15) is 4.79 Å². The monoisotopic (exact) mass is 422 g/mol. The van der Waals surface area contributed by atoms with Crippen LogP contribution in [0.1, 0.15) is 156 Å². The van der Waals surface area contributed by atoms with Crippen molar-refractivity contribution in [2.75, 3.05) is 6.61 Å². The van der Waals surface area contributed by atoms with Gasteiger partial charge in [0.15, 0.2) is 0 Å². The van der Waals surface area contributed by atoms with E-state index >= 15 is 0 Å². The molecule has 0 unspecified atom stereocenters. The van der Waals surface area contributed by atoms with Gasteiger partial charge in [0, 0.05) is 5.57 Å². The lowest BCUT2D eigenvalue weighted by Gasteiger charge is -2.06. The summed E-state index contributed by atoms with van der Waals surface area (Å²) in [5, 5.41) is 0. The zero-order valence-electron chi connectivity index (χ0n) is 21.0. The summed E-state index contributed by atoms with van der Waals surface area (Å²) in [5.74, 6) is -0.119. The molecule has 0 aliphatic carbocycles. The van der Waals surface area contributed by atoms with Gasteiger partial charge in [-0.2, -0.15) is 0 Å². The normalized spacial score (nSPS) is 11.8. The highest BCUT2D eigenvalue weighted by Crippen LogP contribution is 2.14. The highest BCUT2D eigenvalue weighted by atomic mass is 16.5. The molecule has 0 bridgehead atoms. The molecule has 0 aromatic rings. The van der Waals surface area contributed by atoms with Crippen LogP contribution in [0.25, 0.3) is 0 Å². The molecular formula is C28H54O2. The van der Waals surface area contributed by atoms with E-state index in [1.54, 1.807) is 0 Å². The van der Waals surface area contributed by atoms with E-state index in [0.29, 0.717) is 6.61 Å². The predicted octanol–water partition coefficient (Wildman–Crippen LogP) is 9.71. The Balaban J connectivity index is 3.28. The lowest BCUT2D eigenvalue weighted by Crippen LogP contribution is -2.07. The number of esters is 1. The van der Waals surface area contributed by atoms with Gasteiger partial charge in [-0.15, -0.1) is 0 Å². The summed E-state index contributed by atoms with van der Waals surface area (Å²) in [6, 6.07) is 0. The molecule has 0 amide bonds. The fraction of sp³-hybridized carbons (Fsp3) is 0.893. The van der Waals surface area contributed by atoms with Crippen LogP contribution in [0.5, 0.6) is 0 Å². The molecule has 178 valence electrons. The molecule has 0 aromatic heterocycles. The average molecular weight is 423 g/mol. The van der Waals surface area contributed by atoms with Crippen LogP contribution in [0.2, 0.25) is 0 Å². The maximum atomic E-state index is 11.9. The second-order valence-electron chi connectivity index (χ2n) is 9.18. The van der Waals surface area contributed by atoms with Crippen molar-refractivity contribution in [1.29, 1.82) is 0 Å². The number of hydrogen-bond donors (Lipinski definition) is 0. The van der Waals surface area contributed by atoms with Gasteiger partial charge in [-0.25, -0.2) is 4.79 Å². The van der Waals surface area contributed by atoms with Crippen LogP contribution >= 0.6 is 0 Å². The minimum absolute atomic E-state index is 0.119. The van der Waals surface area contributed by atoms with E-state index in [-0.39, 0.29) is 5.97 Å². The molecule has 0 saturated carbocycles. The molecule has 0 aromatic carbocycles. The molecule has 30 heavy (non-hydrogen) atoms. The van der Waals surface area contributed by atoms with Crippen LogP contribution in [-0.2, 0) is 9.53 Å². The predicted molar refractivity (Wildman–Crippen MR) is 133 cm³/mol. The molecule has 0 heterocycles. The Morgan fingerprint density at radius 2 is 0.933 bits per heavy atom. The first-order valence-corrected chi connectivity index (χ1v) is 13.6. The van der Waals surface area contributed by atoms with Gasteiger partial charge in [0.05, 0.1) is 6.61 Å². The zero-order chi connectivity index (χ0) is 22.1. The van der Waals surface area contributed by atoms with Gasteiger partial charge >= 0.3 is 5.97 Å². The quantitative estimate of drug-likeness (QED) is 0.0930. The third-order valence-corrected chi connectivity index (χ3v) is 6.06. The van der Waals surface area contributed by atoms with Crippen molar-refractivity contribution in [2.45, 2.75) is 156 Å². The van der Waals surface area contributed by atoms with E-state index in [1.807, 2.05) is 13.0 Å². The lowest BCUT2D eigenvalue weighted by molar-refractivity contribution is -0.139. The van der Waals surface area contributed by atoms with Crippen molar-refractivity contribution in [3.63, 3.8) is 0 Å². The van der Waals surface area contributed by atoms with E-state index in [4.69, 9.17) is 4.74 Å². The number of unbranched alkanes of at least 4 members (excludes halogenated alkanes) is 19. The van der Waals surface area contributed by atoms with Crippen molar-refractivity contribution in [2.24, 2.45) is 0 Å². The van der Waals surface area contributed by atoms with E-state index in [2.05, 4.69) is 13.8 Å². The first-order valence-electron chi connectivity index (χ1n) is 13.6. The van der Waals surface area contributed by atoms with Gasteiger partial charge in [-0.05, 0) is 26.2 Å². The summed E-state index contributed by atoms with van der Waals surface area (Å²) >= 11 is 0. The van der Waals surface area contributed by atoms with Crippen molar-refractivity contribution in [3.8, 4) is 0 Å². The van der Waals surface area contributed by atoms with Crippen molar-refractivity contribution in [1.82, 2.24) is 0 Å². The maximum Gasteiger partial charge on any atom is 0.333 e. The van der Waals surface area contributed by atoms with Crippen LogP contribution in [-0.4, -0.2) is 12.6 Å². The number of ether oxygens (including phenoxy) is 1. The highest BCUT2D eigenvalue weighted by Gasteiger charge is 2.04. The first-order chi connectivity index (χ1) is 14.7. The van der Waals surface area contributed by atoms with Gasteiger partial charge < -0.3 is 4.74 Å². The van der Waals surface area contributed by atoms with E-state index < -0.39 is 0 Å². The second kappa shape index (κ2) is 24.5. The third-order valence-electron chi connectivity index (χ3n) is 6.06. The van der Waals surface area contributed by atoms with Crippen LogP contribution in [0.3, 0.4) is 0 Å². The van der Waals surface area contributed by atoms with Gasteiger partial charge in [0.25, 0.3) is 0 Å². The van der Waals surface area contributed by atoms with Crippen LogP contribution in [0.15, 0.2) is 11.6 Å². The standard InChI is InChI=1S/C28H54O2/c1-4-6-8-10-11-12-13-14-15-16-17-18-19-20-22-24-26-30-28(29)27(3)25-23-21-9-7-5-2/h25H,4-24,26H2,1-3H3. The van der Waals surface area contributed by atoms with Crippen molar-refractivity contribution >= 4 is 5.97 Å². The van der Waals surface area contributed by atoms with Crippen LogP contribution in [0.4, 0.5) is 0 Å². The number of carbonyl (C=O) groups is 1. The number of rotatable bonds is 23. The first kappa shape index (κ1) is 29.2. The van der Waals surface area contributed by atoms with E-state index in [0.717, 1.165) is 18.4 Å². The topological polar surface area (TPSA) is 26.3 Å². The van der Waals surface area contributed by atoms with Crippen LogP contribution < -0.4 is 0 Å². The van der Waals surface area contributed by atoms with Crippen LogP contribution in [0, 0.1) is 0 Å². The van der Waals surface area contributed by atoms with Crippen molar-refractivity contribution < 1.29 is 9.53 Å². The summed E-state index contributed by atoms with van der Waals surface area (Å²) in [6.45, 7) is 6.97. The largest absolute Gasteiger partial charge is 0.462 e. The summed E-state index contributed by atoms with van der Waals surface area (Å²) in [5.41, 5.74) is 0.781. The average Bonchev–Trinajstić information content (AvgIpc) is 2.75. The van der Waals surface area contributed by atoms with Gasteiger partial charge in [0.1, 0.15) is 0 Å². The number of hydrogen-bond acceptors (Lipinski definition) is 2. The summed E-state index contributed by atoms with van der Waals surface area (Å²) in [6.07, 6.45) is 29.9. The Bertz CT molecular complexity index is 386. The SMILES string of the molecule is CCCCCCC=C(C)C(=O)OCCCCCCCCCCCCCCCCCC. The lowest BCUT2D eigenvalue weighted by atomic mass is 10.0. The molecule has 2 heteroatoms. The van der Waals surface area contributed by atoms with Gasteiger partial charge in [0.2, 0.25) is 0 Å². The summed E-state index contributed by atoms with van der Waals surface area (Å²) in [7, 11) is 0. The summed E-state index contributed by atoms with van der Waals surface area (Å²) < 4.78 is 5.39. The molecule has 0 aliphatic rings. The summed E-state index contributed by atoms with van der Waals surface area (Å²) in [4.78, 5) is 11.9. The molecule has 0 spiro atoms. The molecule has 0 radical (unpaired) electrons. The fourth-order valence-electron chi connectivity index (χ4n) is 3.90. The Kier molecular flexibility index (Phi) is 23.8. The molecule has 0 N–H and O–H groups in total. The Morgan fingerprint density at radius 1 is 0.567 bits per heavy atom. The number of carbonyl (C=O) groups excluding carboxylic acids is 1. The molecule has 0 atom stereocenters. The smallest absolute Gasteiger partial charge is 0.333 e. The second-order valence-corrected chi connectivity index (χ2v) is 9.18. The molecular weight excluding hydrogens is 368 g/mol. The molecule has 2 nitrogen and oxygen atoms in total. The molecule has 0 saturated heterocycles. The highest BCUT2D eigenvalue weighted by molar-refractivity contribution is 5.87. The van der Waals surface area contributed by atoms with Gasteiger partial charge in [-0.3, -0.25) is 0 Å². The Morgan fingerprint density at radius 3 is 1.37 bits per heavy atom. The fourth-order valence-corrected chi connectivity index (χ4v) is 3.90. The maximum absolute atomic E-state index is 11.9. The minimum Gasteiger partial charge on any atom is -0.462 e. The van der Waals surface area contributed by atoms with Crippen molar-refractivity contribution in [3.05, 3.63) is 11.6 Å². The zero-order valence-corrected chi connectivity index (χ0v) is 21.0. The van der Waals surface area contributed by atoms with Gasteiger partial charge in [-0.1, -0.05) is 135 Å². The Hall–Kier alpha value is -0.790.